The first-order chi connectivity index (χ1) is 14.9. The Morgan fingerprint density at radius 2 is 1.68 bits per heavy atom. The van der Waals surface area contributed by atoms with E-state index in [0.29, 0.717) is 5.56 Å². The Labute approximate surface area is 177 Å². The van der Waals surface area contributed by atoms with Crippen LogP contribution in [0, 0.1) is 11.8 Å². The summed E-state index contributed by atoms with van der Waals surface area (Å²) in [6.07, 6.45) is -1.08. The van der Waals surface area contributed by atoms with Crippen LogP contribution in [0.15, 0.2) is 64.3 Å². The van der Waals surface area contributed by atoms with Crippen molar-refractivity contribution < 1.29 is 20.1 Å². The van der Waals surface area contributed by atoms with Gasteiger partial charge in [0.15, 0.2) is 0 Å². The molecule has 1 aliphatic heterocycles. The van der Waals surface area contributed by atoms with Gasteiger partial charge in [-0.2, -0.15) is 0 Å². The second-order valence-corrected chi connectivity index (χ2v) is 7.20. The van der Waals surface area contributed by atoms with E-state index in [2.05, 4.69) is 16.8 Å². The zero-order valence-electron chi connectivity index (χ0n) is 16.4. The van der Waals surface area contributed by atoms with E-state index in [1.807, 2.05) is 36.4 Å². The third kappa shape index (κ3) is 4.44. The van der Waals surface area contributed by atoms with E-state index < -0.39 is 29.7 Å². The van der Waals surface area contributed by atoms with Crippen LogP contribution in [0.2, 0.25) is 0 Å². The molecule has 2 aromatic carbocycles. The molecule has 8 heteroatoms. The predicted octanol–water partition coefficient (Wildman–Crippen LogP) is 0.950. The van der Waals surface area contributed by atoms with E-state index in [1.165, 1.54) is 6.20 Å². The number of aliphatic hydroxyl groups excluding tert-OH is 2. The lowest BCUT2D eigenvalue weighted by Gasteiger charge is -2.14. The van der Waals surface area contributed by atoms with Crippen LogP contribution in [0.4, 0.5) is 0 Å². The van der Waals surface area contributed by atoms with Gasteiger partial charge in [0.05, 0.1) is 12.7 Å². The maximum Gasteiger partial charge on any atom is 0.330 e. The summed E-state index contributed by atoms with van der Waals surface area (Å²) in [5, 5.41) is 28.5. The second kappa shape index (κ2) is 8.62. The van der Waals surface area contributed by atoms with E-state index in [0.717, 1.165) is 15.7 Å². The summed E-state index contributed by atoms with van der Waals surface area (Å²) < 4.78 is 6.65. The number of aliphatic hydroxyl groups is 2. The third-order valence-corrected chi connectivity index (χ3v) is 5.09. The molecule has 4 N–H and O–H groups in total. The lowest BCUT2D eigenvalue weighted by molar-refractivity contribution is -0.0459. The standard InChI is InChI=1S/C23H20N2O6/c26-13-20-19(28)11-21(31-20)25-12-17(22(29)24-23(25)30)6-3-14-1-4-15(5-2-14)16-7-9-18(27)10-8-16/h1-2,4-5,7-10,12,19-21,26-28H,11,13H2,(H,24,29,30)/t19-,20+,21+/m0/s1. The summed E-state index contributed by atoms with van der Waals surface area (Å²) in [5.74, 6) is 5.87. The van der Waals surface area contributed by atoms with E-state index >= 15 is 0 Å². The summed E-state index contributed by atoms with van der Waals surface area (Å²) in [6, 6.07) is 14.2. The molecule has 3 atom stereocenters. The molecule has 0 amide bonds. The van der Waals surface area contributed by atoms with Crippen LogP contribution in [0.5, 0.6) is 5.75 Å². The van der Waals surface area contributed by atoms with Crippen molar-refractivity contribution in [3.05, 3.63) is 86.7 Å². The van der Waals surface area contributed by atoms with E-state index in [-0.39, 0.29) is 24.3 Å². The lowest BCUT2D eigenvalue weighted by Crippen LogP contribution is -2.33. The SMILES string of the molecule is O=c1[nH]c(=O)n([C@H]2C[C@H](O)[C@@H](CO)O2)cc1C#Cc1ccc(-c2ccc(O)cc2)cc1. The smallest absolute Gasteiger partial charge is 0.330 e. The van der Waals surface area contributed by atoms with Crippen molar-refractivity contribution >= 4 is 0 Å². The van der Waals surface area contributed by atoms with Gasteiger partial charge in [-0.1, -0.05) is 36.1 Å². The van der Waals surface area contributed by atoms with Crippen LogP contribution >= 0.6 is 0 Å². The number of aromatic nitrogens is 2. The number of aromatic hydroxyl groups is 1. The number of aromatic amines is 1. The molecule has 0 bridgehead atoms. The average molecular weight is 420 g/mol. The molecule has 1 aliphatic rings. The number of hydrogen-bond donors (Lipinski definition) is 4. The maximum atomic E-state index is 12.2. The quantitative estimate of drug-likeness (QED) is 0.468. The first-order valence-electron chi connectivity index (χ1n) is 9.66. The van der Waals surface area contributed by atoms with Crippen molar-refractivity contribution in [2.24, 2.45) is 0 Å². The first-order valence-corrected chi connectivity index (χ1v) is 9.66. The highest BCUT2D eigenvalue weighted by Gasteiger charge is 2.35. The Bertz CT molecular complexity index is 1250. The van der Waals surface area contributed by atoms with Gasteiger partial charge in [-0.05, 0) is 35.4 Å². The molecule has 4 rings (SSSR count). The molecule has 158 valence electrons. The van der Waals surface area contributed by atoms with Crippen molar-refractivity contribution in [1.82, 2.24) is 9.55 Å². The molecule has 0 aliphatic carbocycles. The molecule has 0 radical (unpaired) electrons. The van der Waals surface area contributed by atoms with Gasteiger partial charge < -0.3 is 20.1 Å². The molecule has 1 fully saturated rings. The van der Waals surface area contributed by atoms with E-state index in [9.17, 15) is 24.9 Å². The maximum absolute atomic E-state index is 12.2. The summed E-state index contributed by atoms with van der Waals surface area (Å²) in [6.45, 7) is -0.372. The third-order valence-electron chi connectivity index (χ3n) is 5.09. The highest BCUT2D eigenvalue weighted by molar-refractivity contribution is 5.65. The minimum atomic E-state index is -0.907. The average Bonchev–Trinajstić information content (AvgIpc) is 3.14. The summed E-state index contributed by atoms with van der Waals surface area (Å²) >= 11 is 0. The van der Waals surface area contributed by atoms with Gasteiger partial charge in [0.1, 0.15) is 23.6 Å². The number of H-pyrrole nitrogens is 1. The highest BCUT2D eigenvalue weighted by Crippen LogP contribution is 2.27. The van der Waals surface area contributed by atoms with Crippen LogP contribution < -0.4 is 11.2 Å². The largest absolute Gasteiger partial charge is 0.508 e. The number of nitrogens with zero attached hydrogens (tertiary/aromatic N) is 1. The number of phenolic OH excluding ortho intramolecular Hbond substituents is 1. The monoisotopic (exact) mass is 420 g/mol. The summed E-state index contributed by atoms with van der Waals surface area (Å²) in [4.78, 5) is 26.5. The first kappa shape index (κ1) is 20.6. The Hall–Kier alpha value is -3.64. The van der Waals surface area contributed by atoms with E-state index in [1.54, 1.807) is 12.1 Å². The van der Waals surface area contributed by atoms with Gasteiger partial charge in [-0.25, -0.2) is 4.79 Å². The number of rotatable bonds is 3. The Morgan fingerprint density at radius 1 is 1.03 bits per heavy atom. The van der Waals surface area contributed by atoms with Crippen LogP contribution in [0.25, 0.3) is 11.1 Å². The lowest BCUT2D eigenvalue weighted by atomic mass is 10.0. The predicted molar refractivity (Wildman–Crippen MR) is 112 cm³/mol. The molecule has 3 aromatic rings. The van der Waals surface area contributed by atoms with Crippen molar-refractivity contribution in [3.8, 4) is 28.7 Å². The highest BCUT2D eigenvalue weighted by atomic mass is 16.5. The summed E-state index contributed by atoms with van der Waals surface area (Å²) in [5.41, 5.74) is 1.35. The number of ether oxygens (including phenoxy) is 1. The Kier molecular flexibility index (Phi) is 5.73. The van der Waals surface area contributed by atoms with Crippen LogP contribution in [0.1, 0.15) is 23.8 Å². The zero-order chi connectivity index (χ0) is 22.0. The molecule has 2 heterocycles. The van der Waals surface area contributed by atoms with Crippen LogP contribution in [-0.2, 0) is 4.74 Å². The molecule has 0 spiro atoms. The van der Waals surface area contributed by atoms with E-state index in [4.69, 9.17) is 4.74 Å². The Balaban J connectivity index is 1.58. The number of hydrogen-bond acceptors (Lipinski definition) is 6. The van der Waals surface area contributed by atoms with Crippen molar-refractivity contribution in [3.63, 3.8) is 0 Å². The molecular formula is C23H20N2O6. The van der Waals surface area contributed by atoms with Gasteiger partial charge in [0, 0.05) is 18.2 Å². The topological polar surface area (TPSA) is 125 Å². The molecule has 31 heavy (non-hydrogen) atoms. The molecule has 8 nitrogen and oxygen atoms in total. The van der Waals surface area contributed by atoms with Crippen molar-refractivity contribution in [2.75, 3.05) is 6.61 Å². The second-order valence-electron chi connectivity index (χ2n) is 7.20. The fraction of sp³-hybridized carbons (Fsp3) is 0.217. The molecule has 1 aromatic heterocycles. The number of nitrogens with one attached hydrogen (secondary N) is 1. The molecule has 0 unspecified atom stereocenters. The van der Waals surface area contributed by atoms with Gasteiger partial charge in [-0.15, -0.1) is 0 Å². The van der Waals surface area contributed by atoms with Crippen LogP contribution in [0.3, 0.4) is 0 Å². The van der Waals surface area contributed by atoms with Crippen molar-refractivity contribution in [1.29, 1.82) is 0 Å². The van der Waals surface area contributed by atoms with Gasteiger partial charge >= 0.3 is 5.69 Å². The minimum Gasteiger partial charge on any atom is -0.508 e. The fourth-order valence-corrected chi connectivity index (χ4v) is 3.38. The van der Waals surface area contributed by atoms with Crippen molar-refractivity contribution in [2.45, 2.75) is 24.9 Å². The summed E-state index contributed by atoms with van der Waals surface area (Å²) in [7, 11) is 0. The molecule has 0 saturated carbocycles. The normalized spacial score (nSPS) is 20.3. The number of benzene rings is 2. The number of phenols is 1. The fourth-order valence-electron chi connectivity index (χ4n) is 3.38. The zero-order valence-corrected chi connectivity index (χ0v) is 16.4. The van der Waals surface area contributed by atoms with Gasteiger partial charge in [0.2, 0.25) is 0 Å². The van der Waals surface area contributed by atoms with Crippen LogP contribution in [-0.4, -0.2) is 43.7 Å². The molecular weight excluding hydrogens is 400 g/mol. The Morgan fingerprint density at radius 3 is 2.29 bits per heavy atom. The van der Waals surface area contributed by atoms with Gasteiger partial charge in [0.25, 0.3) is 5.56 Å². The van der Waals surface area contributed by atoms with Gasteiger partial charge in [-0.3, -0.25) is 14.3 Å². The molecule has 1 saturated heterocycles. The minimum absolute atomic E-state index is 0.0766.